The molecular weight excluding hydrogens is 350 g/mol. The molecule has 0 spiro atoms. The van der Waals surface area contributed by atoms with Crippen LogP contribution in [0.4, 0.5) is 5.69 Å². The first-order valence-corrected chi connectivity index (χ1v) is 8.73. The molecule has 1 amide bonds. The van der Waals surface area contributed by atoms with Crippen molar-refractivity contribution < 1.29 is 13.2 Å². The average Bonchev–Trinajstić information content (AvgIpc) is 2.75. The number of rotatable bonds is 3. The van der Waals surface area contributed by atoms with E-state index in [4.69, 9.17) is 0 Å². The molecule has 0 radical (unpaired) electrons. The van der Waals surface area contributed by atoms with E-state index in [0.29, 0.717) is 10.6 Å². The number of amides is 1. The summed E-state index contributed by atoms with van der Waals surface area (Å²) in [5, 5.41) is 2.71. The van der Waals surface area contributed by atoms with E-state index in [2.05, 4.69) is 21.2 Å². The van der Waals surface area contributed by atoms with E-state index < -0.39 is 9.84 Å². The first kappa shape index (κ1) is 14.2. The van der Waals surface area contributed by atoms with E-state index in [9.17, 15) is 13.2 Å². The maximum absolute atomic E-state index is 11.9. The Morgan fingerprint density at radius 3 is 2.26 bits per heavy atom. The van der Waals surface area contributed by atoms with Gasteiger partial charge in [-0.1, -0.05) is 0 Å². The molecule has 1 aromatic carbocycles. The van der Waals surface area contributed by atoms with Crippen molar-refractivity contribution in [2.24, 2.45) is 0 Å². The van der Waals surface area contributed by atoms with E-state index in [1.54, 1.807) is 24.3 Å². The Morgan fingerprint density at radius 2 is 1.79 bits per heavy atom. The predicted octanol–water partition coefficient (Wildman–Crippen LogP) is 3.17. The van der Waals surface area contributed by atoms with Crippen LogP contribution in [0.3, 0.4) is 0 Å². The first-order chi connectivity index (χ1) is 8.86. The van der Waals surface area contributed by atoms with E-state index >= 15 is 0 Å². The second-order valence-corrected chi connectivity index (χ2v) is 8.33. The number of carbonyl (C=O) groups excluding carboxylic acids is 1. The van der Waals surface area contributed by atoms with Crippen molar-refractivity contribution in [3.63, 3.8) is 0 Å². The number of hydrogen-bond donors (Lipinski definition) is 1. The summed E-state index contributed by atoms with van der Waals surface area (Å²) in [4.78, 5) is 12.7. The SMILES string of the molecule is CS(=O)(=O)c1ccc(NC(=O)c2ccc(Br)s2)cc1. The van der Waals surface area contributed by atoms with Gasteiger partial charge in [0.1, 0.15) is 0 Å². The largest absolute Gasteiger partial charge is 0.321 e. The summed E-state index contributed by atoms with van der Waals surface area (Å²) >= 11 is 4.62. The van der Waals surface area contributed by atoms with Crippen LogP contribution < -0.4 is 5.32 Å². The number of halogens is 1. The summed E-state index contributed by atoms with van der Waals surface area (Å²) < 4.78 is 23.5. The maximum Gasteiger partial charge on any atom is 0.265 e. The van der Waals surface area contributed by atoms with Crippen LogP contribution in [0.25, 0.3) is 0 Å². The van der Waals surface area contributed by atoms with Gasteiger partial charge in [0.05, 0.1) is 13.6 Å². The fourth-order valence-corrected chi connectivity index (χ4v) is 3.33. The quantitative estimate of drug-likeness (QED) is 0.915. The molecule has 0 aliphatic heterocycles. The second kappa shape index (κ2) is 5.44. The molecule has 2 rings (SSSR count). The van der Waals surface area contributed by atoms with E-state index in [1.165, 1.54) is 23.5 Å². The van der Waals surface area contributed by atoms with Gasteiger partial charge in [-0.3, -0.25) is 4.79 Å². The van der Waals surface area contributed by atoms with Crippen LogP contribution in [0.2, 0.25) is 0 Å². The minimum absolute atomic E-state index is 0.220. The topological polar surface area (TPSA) is 63.2 Å². The first-order valence-electron chi connectivity index (χ1n) is 5.23. The van der Waals surface area contributed by atoms with Gasteiger partial charge in [-0.15, -0.1) is 11.3 Å². The summed E-state index contributed by atoms with van der Waals surface area (Å²) in [6, 6.07) is 9.58. The Balaban J connectivity index is 2.14. The third kappa shape index (κ3) is 3.65. The molecule has 0 saturated carbocycles. The molecule has 0 aliphatic carbocycles. The summed E-state index contributed by atoms with van der Waals surface area (Å²) in [6.07, 6.45) is 1.14. The Kier molecular flexibility index (Phi) is 4.07. The lowest BCUT2D eigenvalue weighted by Gasteiger charge is -2.04. The van der Waals surface area contributed by atoms with Crippen LogP contribution in [0, 0.1) is 0 Å². The highest BCUT2D eigenvalue weighted by molar-refractivity contribution is 9.11. The van der Waals surface area contributed by atoms with Gasteiger partial charge in [0.25, 0.3) is 5.91 Å². The number of carbonyl (C=O) groups is 1. The smallest absolute Gasteiger partial charge is 0.265 e. The summed E-state index contributed by atoms with van der Waals surface area (Å²) in [5.74, 6) is -0.220. The lowest BCUT2D eigenvalue weighted by molar-refractivity contribution is 0.103. The van der Waals surface area contributed by atoms with E-state index in [1.807, 2.05) is 0 Å². The zero-order valence-corrected chi connectivity index (χ0v) is 13.1. The van der Waals surface area contributed by atoms with Gasteiger partial charge in [0.15, 0.2) is 9.84 Å². The Hall–Kier alpha value is -1.18. The monoisotopic (exact) mass is 359 g/mol. The van der Waals surface area contributed by atoms with E-state index in [0.717, 1.165) is 10.0 Å². The van der Waals surface area contributed by atoms with Crippen molar-refractivity contribution in [2.45, 2.75) is 4.90 Å². The minimum Gasteiger partial charge on any atom is -0.321 e. The third-order valence-corrected chi connectivity index (χ3v) is 5.09. The zero-order valence-electron chi connectivity index (χ0n) is 9.88. The van der Waals surface area contributed by atoms with E-state index in [-0.39, 0.29) is 10.8 Å². The molecule has 0 saturated heterocycles. The molecule has 0 aliphatic rings. The molecule has 1 N–H and O–H groups in total. The summed E-state index contributed by atoms with van der Waals surface area (Å²) in [7, 11) is -3.21. The number of anilines is 1. The van der Waals surface area contributed by atoms with Crippen LogP contribution >= 0.6 is 27.3 Å². The summed E-state index contributed by atoms with van der Waals surface area (Å²) in [5.41, 5.74) is 0.557. The lowest BCUT2D eigenvalue weighted by Crippen LogP contribution is -2.10. The molecule has 0 fully saturated rings. The number of sulfone groups is 1. The van der Waals surface area contributed by atoms with Gasteiger partial charge >= 0.3 is 0 Å². The number of benzene rings is 1. The summed E-state index contributed by atoms with van der Waals surface area (Å²) in [6.45, 7) is 0. The van der Waals surface area contributed by atoms with Crippen LogP contribution in [0.1, 0.15) is 9.67 Å². The van der Waals surface area contributed by atoms with Gasteiger partial charge in [-0.25, -0.2) is 8.42 Å². The second-order valence-electron chi connectivity index (χ2n) is 3.85. The predicted molar refractivity (Wildman–Crippen MR) is 79.5 cm³/mol. The van der Waals surface area contributed by atoms with Crippen molar-refractivity contribution in [3.05, 3.63) is 45.1 Å². The van der Waals surface area contributed by atoms with Gasteiger partial charge in [-0.2, -0.15) is 0 Å². The minimum atomic E-state index is -3.21. The molecule has 1 aromatic heterocycles. The van der Waals surface area contributed by atoms with Gasteiger partial charge < -0.3 is 5.32 Å². The molecule has 100 valence electrons. The van der Waals surface area contributed by atoms with Crippen molar-refractivity contribution in [1.29, 1.82) is 0 Å². The van der Waals surface area contributed by atoms with Crippen molar-refractivity contribution in [1.82, 2.24) is 0 Å². The highest BCUT2D eigenvalue weighted by Gasteiger charge is 2.10. The number of nitrogens with one attached hydrogen (secondary N) is 1. The molecule has 0 unspecified atom stereocenters. The van der Waals surface area contributed by atoms with Gasteiger partial charge in [0.2, 0.25) is 0 Å². The van der Waals surface area contributed by atoms with Crippen LogP contribution in [-0.2, 0) is 9.84 Å². The molecule has 0 atom stereocenters. The van der Waals surface area contributed by atoms with Crippen molar-refractivity contribution in [2.75, 3.05) is 11.6 Å². The zero-order chi connectivity index (χ0) is 14.0. The van der Waals surface area contributed by atoms with Crippen molar-refractivity contribution >= 4 is 48.7 Å². The number of thiophene rings is 1. The van der Waals surface area contributed by atoms with Gasteiger partial charge in [0, 0.05) is 11.9 Å². The molecule has 19 heavy (non-hydrogen) atoms. The highest BCUT2D eigenvalue weighted by atomic mass is 79.9. The van der Waals surface area contributed by atoms with Crippen molar-refractivity contribution in [3.8, 4) is 0 Å². The van der Waals surface area contributed by atoms with Crippen LogP contribution in [-0.4, -0.2) is 20.6 Å². The lowest BCUT2D eigenvalue weighted by atomic mass is 10.3. The standard InChI is InChI=1S/C12H10BrNO3S2/c1-19(16,17)9-4-2-8(3-5-9)14-12(15)10-6-7-11(13)18-10/h2-7H,1H3,(H,14,15). The molecule has 0 bridgehead atoms. The number of hydrogen-bond acceptors (Lipinski definition) is 4. The van der Waals surface area contributed by atoms with Crippen LogP contribution in [0.5, 0.6) is 0 Å². The Labute approximate surface area is 123 Å². The average molecular weight is 360 g/mol. The highest BCUT2D eigenvalue weighted by Crippen LogP contribution is 2.23. The Morgan fingerprint density at radius 1 is 1.16 bits per heavy atom. The Bertz CT molecular complexity index is 705. The third-order valence-electron chi connectivity index (χ3n) is 2.34. The molecule has 4 nitrogen and oxygen atoms in total. The fourth-order valence-electron chi connectivity index (χ4n) is 1.41. The molecular formula is C12H10BrNO3S2. The van der Waals surface area contributed by atoms with Gasteiger partial charge in [-0.05, 0) is 52.3 Å². The normalized spacial score (nSPS) is 11.3. The molecule has 7 heteroatoms. The van der Waals surface area contributed by atoms with Crippen LogP contribution in [0.15, 0.2) is 45.1 Å². The molecule has 2 aromatic rings. The molecule has 1 heterocycles. The maximum atomic E-state index is 11.9. The fraction of sp³-hybridized carbons (Fsp3) is 0.0833.